The summed E-state index contributed by atoms with van der Waals surface area (Å²) in [6, 6.07) is 8.11. The van der Waals surface area contributed by atoms with Gasteiger partial charge in [0.15, 0.2) is 0 Å². The zero-order chi connectivity index (χ0) is 21.4. The number of hydrogen-bond donors (Lipinski definition) is 4. The van der Waals surface area contributed by atoms with Gasteiger partial charge in [-0.25, -0.2) is 13.8 Å². The molecule has 7 nitrogen and oxygen atoms in total. The number of nitrogens with one attached hydrogen (secondary N) is 4. The van der Waals surface area contributed by atoms with Gasteiger partial charge < -0.3 is 10.6 Å². The van der Waals surface area contributed by atoms with Crippen molar-refractivity contribution in [2.45, 2.75) is 56.0 Å². The molecule has 0 saturated carbocycles. The van der Waals surface area contributed by atoms with Gasteiger partial charge in [0.1, 0.15) is 17.2 Å². The SMILES string of the molecule is O=C1NC(N2CCC(F)(F)CC2)NC(N[C@@H]2CCCNC2)C1c1nc2ccccc2s1. The van der Waals surface area contributed by atoms with Crippen molar-refractivity contribution in [2.24, 2.45) is 0 Å². The Labute approximate surface area is 184 Å². The van der Waals surface area contributed by atoms with Crippen LogP contribution in [0, 0.1) is 0 Å². The number of para-hydroxylation sites is 1. The third kappa shape index (κ3) is 4.58. The van der Waals surface area contributed by atoms with E-state index >= 15 is 0 Å². The molecule has 1 aromatic carbocycles. The van der Waals surface area contributed by atoms with Crippen LogP contribution in [0.3, 0.4) is 0 Å². The van der Waals surface area contributed by atoms with Gasteiger partial charge >= 0.3 is 0 Å². The molecular weight excluding hydrogens is 422 g/mol. The van der Waals surface area contributed by atoms with Crippen LogP contribution >= 0.6 is 11.3 Å². The first-order valence-corrected chi connectivity index (χ1v) is 11.8. The molecule has 0 radical (unpaired) electrons. The molecule has 1 aromatic heterocycles. The van der Waals surface area contributed by atoms with Gasteiger partial charge in [0.05, 0.1) is 16.4 Å². The standard InChI is InChI=1S/C21H28F2N6OS/c22-21(23)7-10-29(11-8-21)20-27-17(25-13-4-3-9-24-12-13)16(18(30)28-20)19-26-14-5-1-2-6-15(14)31-19/h1-2,5-6,13,16-17,20,24-25,27H,3-4,7-12H2,(H,28,30)/t13-,16?,17?,20?/m1/s1. The molecule has 5 rings (SSSR count). The van der Waals surface area contributed by atoms with Crippen molar-refractivity contribution in [3.8, 4) is 0 Å². The van der Waals surface area contributed by atoms with E-state index in [1.165, 1.54) is 11.3 Å². The fourth-order valence-corrected chi connectivity index (χ4v) is 5.76. The molecule has 3 aliphatic heterocycles. The van der Waals surface area contributed by atoms with E-state index < -0.39 is 18.1 Å². The molecule has 4 atom stereocenters. The Hall–Kier alpha value is -1.72. The molecule has 3 saturated heterocycles. The van der Waals surface area contributed by atoms with Gasteiger partial charge in [-0.15, -0.1) is 11.3 Å². The molecule has 4 heterocycles. The molecule has 3 aliphatic rings. The number of thiazole rings is 1. The van der Waals surface area contributed by atoms with Crippen LogP contribution in [0.15, 0.2) is 24.3 Å². The van der Waals surface area contributed by atoms with Crippen LogP contribution in [0.4, 0.5) is 8.78 Å². The highest BCUT2D eigenvalue weighted by Crippen LogP contribution is 2.33. The summed E-state index contributed by atoms with van der Waals surface area (Å²) >= 11 is 1.53. The summed E-state index contributed by atoms with van der Waals surface area (Å²) in [7, 11) is 0. The number of hydrogen-bond acceptors (Lipinski definition) is 7. The molecule has 10 heteroatoms. The van der Waals surface area contributed by atoms with E-state index in [4.69, 9.17) is 4.98 Å². The Morgan fingerprint density at radius 3 is 2.77 bits per heavy atom. The number of likely N-dealkylation sites (tertiary alicyclic amines) is 1. The van der Waals surface area contributed by atoms with Crippen LogP contribution in [0.2, 0.25) is 0 Å². The van der Waals surface area contributed by atoms with Crippen molar-refractivity contribution < 1.29 is 13.6 Å². The van der Waals surface area contributed by atoms with E-state index in [-0.39, 0.29) is 44.0 Å². The molecule has 168 valence electrons. The van der Waals surface area contributed by atoms with Gasteiger partial charge in [-0.3, -0.25) is 20.3 Å². The largest absolute Gasteiger partial charge is 0.327 e. The van der Waals surface area contributed by atoms with Crippen molar-refractivity contribution in [1.82, 2.24) is 31.2 Å². The molecule has 0 spiro atoms. The number of aromatic nitrogens is 1. The van der Waals surface area contributed by atoms with Crippen LogP contribution in [0.1, 0.15) is 36.6 Å². The van der Waals surface area contributed by atoms with E-state index in [2.05, 4.69) is 21.3 Å². The second kappa shape index (κ2) is 8.67. The van der Waals surface area contributed by atoms with Gasteiger partial charge in [-0.1, -0.05) is 12.1 Å². The topological polar surface area (TPSA) is 81.3 Å². The number of alkyl halides is 2. The molecular formula is C21H28F2N6OS. The first-order chi connectivity index (χ1) is 15.0. The molecule has 2 aromatic rings. The quantitative estimate of drug-likeness (QED) is 0.569. The lowest BCUT2D eigenvalue weighted by molar-refractivity contribution is -0.132. The molecule has 3 unspecified atom stereocenters. The fraction of sp³-hybridized carbons (Fsp3) is 0.619. The van der Waals surface area contributed by atoms with Crippen molar-refractivity contribution in [3.63, 3.8) is 0 Å². The Bertz CT molecular complexity index is 890. The number of carbonyl (C=O) groups excluding carboxylic acids is 1. The zero-order valence-electron chi connectivity index (χ0n) is 17.2. The fourth-order valence-electron chi connectivity index (χ4n) is 4.66. The van der Waals surface area contributed by atoms with Crippen LogP contribution in [-0.2, 0) is 4.79 Å². The number of carbonyl (C=O) groups is 1. The minimum Gasteiger partial charge on any atom is -0.327 e. The van der Waals surface area contributed by atoms with Gasteiger partial charge in [0, 0.05) is 38.5 Å². The summed E-state index contributed by atoms with van der Waals surface area (Å²) in [5, 5.41) is 14.3. The van der Waals surface area contributed by atoms with Crippen molar-refractivity contribution >= 4 is 27.5 Å². The van der Waals surface area contributed by atoms with Gasteiger partial charge in [-0.05, 0) is 31.5 Å². The molecule has 4 N–H and O–H groups in total. The number of rotatable bonds is 4. The maximum absolute atomic E-state index is 13.6. The first kappa shape index (κ1) is 21.1. The van der Waals surface area contributed by atoms with Gasteiger partial charge in [0.2, 0.25) is 5.91 Å². The van der Waals surface area contributed by atoms with Gasteiger partial charge in [0.25, 0.3) is 5.92 Å². The summed E-state index contributed by atoms with van der Waals surface area (Å²) in [6.45, 7) is 2.33. The second-order valence-electron chi connectivity index (χ2n) is 8.65. The van der Waals surface area contributed by atoms with E-state index in [1.807, 2.05) is 29.2 Å². The summed E-state index contributed by atoms with van der Waals surface area (Å²) in [6.07, 6.45) is 0.933. The number of nitrogens with zero attached hydrogens (tertiary/aromatic N) is 2. The van der Waals surface area contributed by atoms with Crippen LogP contribution in [0.25, 0.3) is 10.2 Å². The van der Waals surface area contributed by atoms with Crippen LogP contribution in [0.5, 0.6) is 0 Å². The Balaban J connectivity index is 1.39. The number of halogens is 2. The highest BCUT2D eigenvalue weighted by molar-refractivity contribution is 7.18. The second-order valence-corrected chi connectivity index (χ2v) is 9.72. The lowest BCUT2D eigenvalue weighted by atomic mass is 9.99. The van der Waals surface area contributed by atoms with Crippen molar-refractivity contribution in [1.29, 1.82) is 0 Å². The predicted octanol–water partition coefficient (Wildman–Crippen LogP) is 1.78. The Morgan fingerprint density at radius 1 is 1.23 bits per heavy atom. The number of fused-ring (bicyclic) bond motifs is 1. The van der Waals surface area contributed by atoms with Crippen LogP contribution < -0.4 is 21.3 Å². The lowest BCUT2D eigenvalue weighted by Gasteiger charge is -2.45. The van der Waals surface area contributed by atoms with E-state index in [0.717, 1.165) is 41.2 Å². The zero-order valence-corrected chi connectivity index (χ0v) is 18.1. The van der Waals surface area contributed by atoms with Crippen molar-refractivity contribution in [2.75, 3.05) is 26.2 Å². The van der Waals surface area contributed by atoms with E-state index in [0.29, 0.717) is 0 Å². The highest BCUT2D eigenvalue weighted by atomic mass is 32.1. The average molecular weight is 451 g/mol. The first-order valence-electron chi connectivity index (χ1n) is 11.0. The maximum Gasteiger partial charge on any atom is 0.250 e. The van der Waals surface area contributed by atoms with E-state index in [9.17, 15) is 13.6 Å². The molecule has 1 amide bonds. The smallest absolute Gasteiger partial charge is 0.250 e. The number of piperidine rings is 2. The minimum absolute atomic E-state index is 0.124. The highest BCUT2D eigenvalue weighted by Gasteiger charge is 2.44. The molecule has 3 fully saturated rings. The van der Waals surface area contributed by atoms with E-state index in [1.54, 1.807) is 0 Å². The summed E-state index contributed by atoms with van der Waals surface area (Å²) < 4.78 is 28.3. The Morgan fingerprint density at radius 2 is 2.03 bits per heavy atom. The third-order valence-electron chi connectivity index (χ3n) is 6.42. The summed E-state index contributed by atoms with van der Waals surface area (Å²) in [5.41, 5.74) is 0.883. The summed E-state index contributed by atoms with van der Waals surface area (Å²) in [5.74, 6) is -3.23. The molecule has 0 aliphatic carbocycles. The Kier molecular flexibility index (Phi) is 5.91. The predicted molar refractivity (Wildman–Crippen MR) is 116 cm³/mol. The number of benzene rings is 1. The van der Waals surface area contributed by atoms with Gasteiger partial charge in [-0.2, -0.15) is 0 Å². The third-order valence-corrected chi connectivity index (χ3v) is 7.54. The number of amides is 1. The normalized spacial score (nSPS) is 32.1. The molecule has 31 heavy (non-hydrogen) atoms. The summed E-state index contributed by atoms with van der Waals surface area (Å²) in [4.78, 5) is 19.9. The minimum atomic E-state index is -2.62. The lowest BCUT2D eigenvalue weighted by Crippen LogP contribution is -2.71. The monoisotopic (exact) mass is 450 g/mol. The van der Waals surface area contributed by atoms with Crippen LogP contribution in [-0.4, -0.2) is 66.4 Å². The average Bonchev–Trinajstić information content (AvgIpc) is 3.17. The van der Waals surface area contributed by atoms with Crippen molar-refractivity contribution in [3.05, 3.63) is 29.3 Å². The maximum atomic E-state index is 13.6. The molecule has 0 bridgehead atoms.